The Hall–Kier alpha value is -3.57. The fraction of sp³-hybridized carbons (Fsp3) is 0.0952. The number of pyridine rings is 1. The van der Waals surface area contributed by atoms with Crippen molar-refractivity contribution in [2.24, 2.45) is 0 Å². The van der Waals surface area contributed by atoms with Crippen LogP contribution in [0.15, 0.2) is 58.2 Å². The minimum atomic E-state index is -0.600. The van der Waals surface area contributed by atoms with Crippen LogP contribution in [0, 0.1) is 24.1 Å². The second-order valence-corrected chi connectivity index (χ2v) is 6.98. The zero-order chi connectivity index (χ0) is 21.1. The zero-order valence-electron chi connectivity index (χ0n) is 15.7. The maximum atomic E-state index is 13.1. The molecule has 6 nitrogen and oxygen atoms in total. The Morgan fingerprint density at radius 1 is 1.21 bits per heavy atom. The summed E-state index contributed by atoms with van der Waals surface area (Å²) < 4.78 is 14.3. The van der Waals surface area contributed by atoms with Crippen LogP contribution in [0.3, 0.4) is 0 Å². The van der Waals surface area contributed by atoms with E-state index in [-0.39, 0.29) is 21.8 Å². The molecule has 0 aliphatic carbocycles. The third kappa shape index (κ3) is 3.73. The van der Waals surface area contributed by atoms with Gasteiger partial charge in [0.25, 0.3) is 11.5 Å². The Morgan fingerprint density at radius 2 is 1.86 bits per heavy atom. The molecule has 3 N–H and O–H groups in total. The molecular weight excluding hydrogens is 391 g/mol. The highest BCUT2D eigenvalue weighted by Crippen LogP contribution is 2.30. The van der Waals surface area contributed by atoms with Crippen molar-refractivity contribution in [2.45, 2.75) is 11.8 Å². The number of nitrogens with zero attached hydrogens (tertiary/aromatic N) is 2. The first-order valence-electron chi connectivity index (χ1n) is 8.54. The molecule has 1 aromatic heterocycles. The molecule has 0 atom stereocenters. The molecule has 0 spiro atoms. The molecule has 146 valence electrons. The highest BCUT2D eigenvalue weighted by Gasteiger charge is 2.26. The van der Waals surface area contributed by atoms with Crippen molar-refractivity contribution >= 4 is 29.2 Å². The number of nitrogens with two attached hydrogens (primary N) is 1. The number of nitriles is 1. The van der Waals surface area contributed by atoms with Gasteiger partial charge in [0.1, 0.15) is 23.3 Å². The van der Waals surface area contributed by atoms with E-state index >= 15 is 0 Å². The largest absolute Gasteiger partial charge is 0.384 e. The van der Waals surface area contributed by atoms with Crippen molar-refractivity contribution in [3.63, 3.8) is 0 Å². The molecule has 0 radical (unpaired) electrons. The molecule has 0 bridgehead atoms. The molecule has 2 aromatic carbocycles. The number of nitrogen functional groups attached to an aromatic ring is 1. The molecule has 0 saturated heterocycles. The molecule has 1 heterocycles. The number of hydrogen-bond acceptors (Lipinski definition) is 5. The molecule has 0 aliphatic rings. The average molecular weight is 408 g/mol. The third-order valence-electron chi connectivity index (χ3n) is 4.37. The normalized spacial score (nSPS) is 10.4. The predicted molar refractivity (Wildman–Crippen MR) is 112 cm³/mol. The summed E-state index contributed by atoms with van der Waals surface area (Å²) in [6.07, 6.45) is 1.65. The highest BCUT2D eigenvalue weighted by molar-refractivity contribution is 7.98. The van der Waals surface area contributed by atoms with Gasteiger partial charge < -0.3 is 11.1 Å². The number of carbonyl (C=O) groups excluding carboxylic acids is 1. The van der Waals surface area contributed by atoms with Crippen LogP contribution >= 0.6 is 11.8 Å². The van der Waals surface area contributed by atoms with Crippen LogP contribution in [-0.4, -0.2) is 16.7 Å². The van der Waals surface area contributed by atoms with Crippen LogP contribution in [0.2, 0.25) is 0 Å². The summed E-state index contributed by atoms with van der Waals surface area (Å²) in [7, 11) is 0. The summed E-state index contributed by atoms with van der Waals surface area (Å²) in [6.45, 7) is 1.80. The van der Waals surface area contributed by atoms with E-state index in [0.29, 0.717) is 11.4 Å². The number of aryl methyl sites for hydroxylation is 1. The molecule has 3 rings (SSSR count). The topological polar surface area (TPSA) is 101 Å². The van der Waals surface area contributed by atoms with Crippen molar-refractivity contribution in [3.05, 3.63) is 81.4 Å². The second-order valence-electron chi connectivity index (χ2n) is 6.17. The molecule has 3 aromatic rings. The number of benzene rings is 2. The number of aromatic nitrogens is 1. The van der Waals surface area contributed by atoms with Crippen LogP contribution in [-0.2, 0) is 0 Å². The summed E-state index contributed by atoms with van der Waals surface area (Å²) in [6, 6.07) is 14.2. The molecule has 0 saturated carbocycles. The molecule has 8 heteroatoms. The second kappa shape index (κ2) is 8.20. The summed E-state index contributed by atoms with van der Waals surface area (Å²) >= 11 is 1.09. The van der Waals surface area contributed by atoms with Crippen LogP contribution in [0.1, 0.15) is 21.5 Å². The van der Waals surface area contributed by atoms with Crippen molar-refractivity contribution in [3.8, 4) is 11.8 Å². The minimum absolute atomic E-state index is 0.0150. The smallest absolute Gasteiger partial charge is 0.275 e. The van der Waals surface area contributed by atoms with E-state index in [9.17, 15) is 19.2 Å². The number of carbonyl (C=O) groups is 1. The number of thioether (sulfide) groups is 1. The third-order valence-corrected chi connectivity index (χ3v) is 5.19. The Labute approximate surface area is 170 Å². The van der Waals surface area contributed by atoms with Gasteiger partial charge in [0, 0.05) is 10.6 Å². The van der Waals surface area contributed by atoms with Crippen LogP contribution < -0.4 is 16.6 Å². The standard InChI is InChI=1S/C21H17FN4O2S/c1-12-5-3-4-6-16(12)26-19(24)17(18(29-2)15(11-23)21(26)28)20(27)25-14-9-7-13(22)8-10-14/h3-10H,24H2,1-2H3,(H,25,27). The van der Waals surface area contributed by atoms with Gasteiger partial charge in [0.2, 0.25) is 0 Å². The summed E-state index contributed by atoms with van der Waals surface area (Å²) in [4.78, 5) is 26.2. The lowest BCUT2D eigenvalue weighted by Crippen LogP contribution is -2.29. The zero-order valence-corrected chi connectivity index (χ0v) is 16.5. The van der Waals surface area contributed by atoms with Gasteiger partial charge in [0.05, 0.1) is 11.3 Å². The van der Waals surface area contributed by atoms with E-state index in [0.717, 1.165) is 17.3 Å². The summed E-state index contributed by atoms with van der Waals surface area (Å²) in [5, 5.41) is 12.2. The molecule has 1 amide bonds. The van der Waals surface area contributed by atoms with E-state index in [1.807, 2.05) is 12.1 Å². The van der Waals surface area contributed by atoms with Gasteiger partial charge in [-0.25, -0.2) is 4.39 Å². The minimum Gasteiger partial charge on any atom is -0.384 e. The van der Waals surface area contributed by atoms with E-state index in [1.165, 1.54) is 28.8 Å². The lowest BCUT2D eigenvalue weighted by molar-refractivity contribution is 0.102. The number of hydrogen-bond donors (Lipinski definition) is 2. The first-order valence-corrected chi connectivity index (χ1v) is 9.77. The molecule has 0 aliphatic heterocycles. The fourth-order valence-corrected chi connectivity index (χ4v) is 3.71. The van der Waals surface area contributed by atoms with Gasteiger partial charge >= 0.3 is 0 Å². The monoisotopic (exact) mass is 408 g/mol. The van der Waals surface area contributed by atoms with Crippen LogP contribution in [0.25, 0.3) is 5.69 Å². The Morgan fingerprint density at radius 3 is 2.45 bits per heavy atom. The molecule has 29 heavy (non-hydrogen) atoms. The van der Waals surface area contributed by atoms with Crippen LogP contribution in [0.4, 0.5) is 15.9 Å². The van der Waals surface area contributed by atoms with E-state index in [2.05, 4.69) is 5.32 Å². The number of amides is 1. The SMILES string of the molecule is CSc1c(C(=O)Nc2ccc(F)cc2)c(N)n(-c2ccccc2C)c(=O)c1C#N. The predicted octanol–water partition coefficient (Wildman–Crippen LogP) is 3.71. The van der Waals surface area contributed by atoms with E-state index in [1.54, 1.807) is 31.4 Å². The van der Waals surface area contributed by atoms with Crippen molar-refractivity contribution in [1.29, 1.82) is 5.26 Å². The van der Waals surface area contributed by atoms with Gasteiger partial charge in [-0.05, 0) is 49.1 Å². The number of para-hydroxylation sites is 1. The van der Waals surface area contributed by atoms with Gasteiger partial charge in [-0.3, -0.25) is 14.2 Å². The van der Waals surface area contributed by atoms with Crippen molar-refractivity contribution in [2.75, 3.05) is 17.3 Å². The lowest BCUT2D eigenvalue weighted by Gasteiger charge is -2.19. The Kier molecular flexibility index (Phi) is 5.71. The average Bonchev–Trinajstić information content (AvgIpc) is 2.70. The Balaban J connectivity index is 2.25. The summed E-state index contributed by atoms with van der Waals surface area (Å²) in [5.41, 5.74) is 7.13. The molecule has 0 fully saturated rings. The van der Waals surface area contributed by atoms with Gasteiger partial charge in [-0.1, -0.05) is 18.2 Å². The quantitative estimate of drug-likeness (QED) is 0.641. The van der Waals surface area contributed by atoms with Gasteiger partial charge in [-0.2, -0.15) is 5.26 Å². The first-order chi connectivity index (χ1) is 13.9. The highest BCUT2D eigenvalue weighted by atomic mass is 32.2. The van der Waals surface area contributed by atoms with Gasteiger partial charge in [-0.15, -0.1) is 11.8 Å². The maximum Gasteiger partial charge on any atom is 0.275 e. The molecular formula is C21H17FN4O2S. The van der Waals surface area contributed by atoms with E-state index < -0.39 is 17.3 Å². The van der Waals surface area contributed by atoms with Gasteiger partial charge in [0.15, 0.2) is 0 Å². The van der Waals surface area contributed by atoms with Crippen molar-refractivity contribution in [1.82, 2.24) is 4.57 Å². The molecule has 0 unspecified atom stereocenters. The van der Waals surface area contributed by atoms with Crippen molar-refractivity contribution < 1.29 is 9.18 Å². The Bertz CT molecular complexity index is 1200. The number of rotatable bonds is 4. The first kappa shape index (κ1) is 20.2. The number of nitrogens with one attached hydrogen (secondary N) is 1. The number of halogens is 1. The van der Waals surface area contributed by atoms with E-state index in [4.69, 9.17) is 5.73 Å². The number of anilines is 2. The maximum absolute atomic E-state index is 13.1. The summed E-state index contributed by atoms with van der Waals surface area (Å²) in [5.74, 6) is -1.11. The lowest BCUT2D eigenvalue weighted by atomic mass is 10.1. The van der Waals surface area contributed by atoms with Crippen LogP contribution in [0.5, 0.6) is 0 Å². The fourth-order valence-electron chi connectivity index (χ4n) is 2.97.